The average molecular weight is 317 g/mol. The SMILES string of the molecule is COCCNCc1cccc(Cl)c1N1CCS(=O)CC1. The zero-order chi connectivity index (χ0) is 14.4. The molecule has 20 heavy (non-hydrogen) atoms. The predicted octanol–water partition coefficient (Wildman–Crippen LogP) is 1.64. The third-order valence-corrected chi connectivity index (χ3v) is 4.94. The molecule has 6 heteroatoms. The molecule has 1 aromatic rings. The number of nitrogens with one attached hydrogen (secondary N) is 1. The summed E-state index contributed by atoms with van der Waals surface area (Å²) in [7, 11) is 1.02. The van der Waals surface area contributed by atoms with E-state index in [1.54, 1.807) is 7.11 Å². The van der Waals surface area contributed by atoms with Crippen LogP contribution in [0, 0.1) is 0 Å². The molecule has 0 aromatic heterocycles. The Hall–Kier alpha value is -0.620. The van der Waals surface area contributed by atoms with E-state index in [0.29, 0.717) is 6.61 Å². The highest BCUT2D eigenvalue weighted by atomic mass is 35.5. The Morgan fingerprint density at radius 2 is 2.15 bits per heavy atom. The molecule has 112 valence electrons. The van der Waals surface area contributed by atoms with Gasteiger partial charge in [-0.15, -0.1) is 0 Å². The van der Waals surface area contributed by atoms with Gasteiger partial charge in [-0.05, 0) is 11.6 Å². The second kappa shape index (κ2) is 7.98. The van der Waals surface area contributed by atoms with Crippen molar-refractivity contribution in [1.29, 1.82) is 0 Å². The zero-order valence-corrected chi connectivity index (χ0v) is 13.3. The maximum Gasteiger partial charge on any atom is 0.0642 e. The van der Waals surface area contributed by atoms with Crippen LogP contribution in [-0.4, -0.2) is 49.1 Å². The normalized spacial score (nSPS) is 16.6. The van der Waals surface area contributed by atoms with E-state index in [4.69, 9.17) is 16.3 Å². The fraction of sp³-hybridized carbons (Fsp3) is 0.571. The zero-order valence-electron chi connectivity index (χ0n) is 11.7. The number of hydrogen-bond acceptors (Lipinski definition) is 4. The lowest BCUT2D eigenvalue weighted by atomic mass is 10.1. The summed E-state index contributed by atoms with van der Waals surface area (Å²) >= 11 is 6.37. The Bertz CT molecular complexity index is 460. The van der Waals surface area contributed by atoms with Crippen LogP contribution in [0.25, 0.3) is 0 Å². The number of para-hydroxylation sites is 1. The van der Waals surface area contributed by atoms with Crippen LogP contribution in [0.4, 0.5) is 5.69 Å². The Kier molecular flexibility index (Phi) is 6.29. The van der Waals surface area contributed by atoms with E-state index in [1.165, 1.54) is 5.56 Å². The molecule has 1 fully saturated rings. The maximum absolute atomic E-state index is 11.5. The van der Waals surface area contributed by atoms with Crippen molar-refractivity contribution in [1.82, 2.24) is 5.32 Å². The minimum absolute atomic E-state index is 0.673. The van der Waals surface area contributed by atoms with Gasteiger partial charge in [-0.25, -0.2) is 0 Å². The molecular formula is C14H21ClN2O2S. The van der Waals surface area contributed by atoms with Crippen LogP contribution in [0.2, 0.25) is 5.02 Å². The lowest BCUT2D eigenvalue weighted by Gasteiger charge is -2.31. The van der Waals surface area contributed by atoms with Crippen LogP contribution >= 0.6 is 11.6 Å². The van der Waals surface area contributed by atoms with Gasteiger partial charge < -0.3 is 15.0 Å². The topological polar surface area (TPSA) is 41.6 Å². The summed E-state index contributed by atoms with van der Waals surface area (Å²) in [4.78, 5) is 2.25. The standard InChI is InChI=1S/C14H21ClN2O2S/c1-19-8-5-16-11-12-3-2-4-13(15)14(12)17-6-9-20(18)10-7-17/h2-4,16H,5-11H2,1H3. The molecule has 1 aliphatic rings. The Morgan fingerprint density at radius 3 is 2.85 bits per heavy atom. The van der Waals surface area contributed by atoms with Gasteiger partial charge in [0.15, 0.2) is 0 Å². The second-order valence-corrected chi connectivity index (χ2v) is 6.86. The van der Waals surface area contributed by atoms with Crippen molar-refractivity contribution in [2.45, 2.75) is 6.54 Å². The number of halogens is 1. The van der Waals surface area contributed by atoms with Gasteiger partial charge in [0.1, 0.15) is 0 Å². The summed E-state index contributed by atoms with van der Waals surface area (Å²) in [5.41, 5.74) is 2.26. The average Bonchev–Trinajstić information content (AvgIpc) is 2.45. The van der Waals surface area contributed by atoms with Crippen LogP contribution in [0.5, 0.6) is 0 Å². The molecule has 2 rings (SSSR count). The van der Waals surface area contributed by atoms with Crippen LogP contribution in [0.15, 0.2) is 18.2 Å². The van der Waals surface area contributed by atoms with E-state index in [1.807, 2.05) is 12.1 Å². The van der Waals surface area contributed by atoms with Gasteiger partial charge in [-0.3, -0.25) is 4.21 Å². The Morgan fingerprint density at radius 1 is 1.40 bits per heavy atom. The van der Waals surface area contributed by atoms with Gasteiger partial charge in [-0.2, -0.15) is 0 Å². The Labute approximate surface area is 127 Å². The molecule has 0 aliphatic carbocycles. The van der Waals surface area contributed by atoms with Crippen molar-refractivity contribution in [2.24, 2.45) is 0 Å². The molecule has 0 bridgehead atoms. The van der Waals surface area contributed by atoms with E-state index in [-0.39, 0.29) is 0 Å². The first kappa shape index (κ1) is 15.8. The second-order valence-electron chi connectivity index (χ2n) is 4.75. The number of ether oxygens (including phenoxy) is 1. The van der Waals surface area contributed by atoms with E-state index in [9.17, 15) is 4.21 Å². The smallest absolute Gasteiger partial charge is 0.0642 e. The minimum atomic E-state index is -0.673. The van der Waals surface area contributed by atoms with Crippen molar-refractivity contribution < 1.29 is 8.95 Å². The molecule has 1 saturated heterocycles. The van der Waals surface area contributed by atoms with Gasteiger partial charge in [0, 0.05) is 55.6 Å². The van der Waals surface area contributed by atoms with E-state index in [2.05, 4.69) is 16.3 Å². The largest absolute Gasteiger partial charge is 0.383 e. The quantitative estimate of drug-likeness (QED) is 0.810. The van der Waals surface area contributed by atoms with Crippen molar-refractivity contribution in [3.63, 3.8) is 0 Å². The molecule has 1 aliphatic heterocycles. The summed E-state index contributed by atoms with van der Waals surface area (Å²) in [6, 6.07) is 5.98. The lowest BCUT2D eigenvalue weighted by Crippen LogP contribution is -2.38. The summed E-state index contributed by atoms with van der Waals surface area (Å²) in [6.45, 7) is 3.88. The molecule has 1 heterocycles. The number of nitrogens with zero attached hydrogens (tertiary/aromatic N) is 1. The van der Waals surface area contributed by atoms with Gasteiger partial charge in [-0.1, -0.05) is 23.7 Å². The lowest BCUT2D eigenvalue weighted by molar-refractivity contribution is 0.199. The molecule has 4 nitrogen and oxygen atoms in total. The minimum Gasteiger partial charge on any atom is -0.383 e. The van der Waals surface area contributed by atoms with Crippen LogP contribution in [-0.2, 0) is 22.1 Å². The first-order valence-corrected chi connectivity index (χ1v) is 8.66. The molecule has 1 aromatic carbocycles. The van der Waals surface area contributed by atoms with E-state index >= 15 is 0 Å². The van der Waals surface area contributed by atoms with Crippen molar-refractivity contribution in [3.8, 4) is 0 Å². The van der Waals surface area contributed by atoms with Crippen molar-refractivity contribution in [3.05, 3.63) is 28.8 Å². The molecule has 0 amide bonds. The highest BCUT2D eigenvalue weighted by Gasteiger charge is 2.20. The highest BCUT2D eigenvalue weighted by Crippen LogP contribution is 2.30. The van der Waals surface area contributed by atoms with Crippen LogP contribution in [0.3, 0.4) is 0 Å². The summed E-state index contributed by atoms with van der Waals surface area (Å²) in [5.74, 6) is 1.45. The molecule has 0 unspecified atom stereocenters. The fourth-order valence-corrected chi connectivity index (χ4v) is 3.68. The number of methoxy groups -OCH3 is 1. The molecule has 1 N–H and O–H groups in total. The third kappa shape index (κ3) is 4.19. The van der Waals surface area contributed by atoms with Crippen molar-refractivity contribution in [2.75, 3.05) is 49.8 Å². The van der Waals surface area contributed by atoms with E-state index < -0.39 is 10.8 Å². The van der Waals surface area contributed by atoms with Crippen LogP contribution in [0.1, 0.15) is 5.56 Å². The first-order valence-electron chi connectivity index (χ1n) is 6.79. The number of hydrogen-bond donors (Lipinski definition) is 1. The van der Waals surface area contributed by atoms with Crippen molar-refractivity contribution >= 4 is 28.1 Å². The third-order valence-electron chi connectivity index (χ3n) is 3.36. The molecular weight excluding hydrogens is 296 g/mol. The summed E-state index contributed by atoms with van der Waals surface area (Å²) < 4.78 is 16.5. The molecule has 0 radical (unpaired) electrons. The first-order chi connectivity index (χ1) is 9.72. The number of benzene rings is 1. The summed E-state index contributed by atoms with van der Waals surface area (Å²) in [6.07, 6.45) is 0. The van der Waals surface area contributed by atoms with Gasteiger partial charge in [0.2, 0.25) is 0 Å². The molecule has 0 spiro atoms. The summed E-state index contributed by atoms with van der Waals surface area (Å²) in [5, 5.41) is 4.12. The molecule has 0 atom stereocenters. The number of anilines is 1. The maximum atomic E-state index is 11.5. The monoisotopic (exact) mass is 316 g/mol. The van der Waals surface area contributed by atoms with E-state index in [0.717, 1.165) is 48.4 Å². The molecule has 0 saturated carbocycles. The van der Waals surface area contributed by atoms with Gasteiger partial charge in [0.25, 0.3) is 0 Å². The Balaban J connectivity index is 2.07. The van der Waals surface area contributed by atoms with Gasteiger partial charge >= 0.3 is 0 Å². The fourth-order valence-electron chi connectivity index (χ4n) is 2.32. The van der Waals surface area contributed by atoms with Gasteiger partial charge in [0.05, 0.1) is 17.3 Å². The number of rotatable bonds is 6. The predicted molar refractivity (Wildman–Crippen MR) is 85.1 cm³/mol. The highest BCUT2D eigenvalue weighted by molar-refractivity contribution is 7.85. The van der Waals surface area contributed by atoms with Crippen LogP contribution < -0.4 is 10.2 Å².